The Hall–Kier alpha value is -2.11. The van der Waals surface area contributed by atoms with Crippen LogP contribution >= 0.6 is 0 Å². The van der Waals surface area contributed by atoms with E-state index in [-0.39, 0.29) is 12.5 Å². The monoisotopic (exact) mass is 390 g/mol. The molecule has 2 atom stereocenters. The number of rotatable bonds is 4. The number of amides is 2. The highest BCUT2D eigenvalue weighted by Gasteiger charge is 2.50. The summed E-state index contributed by atoms with van der Waals surface area (Å²) in [4.78, 5) is 26.4. The van der Waals surface area contributed by atoms with E-state index in [1.807, 2.05) is 25.1 Å². The average molecular weight is 390 g/mol. The minimum absolute atomic E-state index is 0.0509. The van der Waals surface area contributed by atoms with Gasteiger partial charge >= 0.3 is 6.09 Å². The third-order valence-corrected chi connectivity index (χ3v) is 5.47. The molecule has 1 heterocycles. The van der Waals surface area contributed by atoms with Crippen LogP contribution in [0.25, 0.3) is 0 Å². The average Bonchev–Trinajstić information content (AvgIpc) is 3.36. The molecule has 3 rings (SSSR count). The molecule has 0 unspecified atom stereocenters. The molecular formula is C22H31FN2O3. The van der Waals surface area contributed by atoms with Crippen molar-refractivity contribution in [2.75, 3.05) is 13.1 Å². The second kappa shape index (κ2) is 7.72. The van der Waals surface area contributed by atoms with Crippen LogP contribution in [0.4, 0.5) is 9.18 Å². The van der Waals surface area contributed by atoms with E-state index < -0.39 is 29.3 Å². The Morgan fingerprint density at radius 3 is 2.61 bits per heavy atom. The summed E-state index contributed by atoms with van der Waals surface area (Å²) in [5.41, 5.74) is 1.30. The van der Waals surface area contributed by atoms with E-state index in [9.17, 15) is 14.0 Å². The molecule has 1 saturated carbocycles. The van der Waals surface area contributed by atoms with Crippen molar-refractivity contribution in [1.82, 2.24) is 10.2 Å². The maximum Gasteiger partial charge on any atom is 0.410 e. The van der Waals surface area contributed by atoms with Gasteiger partial charge in [0.15, 0.2) is 0 Å². The van der Waals surface area contributed by atoms with Crippen LogP contribution in [0.5, 0.6) is 0 Å². The van der Waals surface area contributed by atoms with Crippen LogP contribution in [-0.4, -0.2) is 47.8 Å². The fourth-order valence-corrected chi connectivity index (χ4v) is 3.73. The summed E-state index contributed by atoms with van der Waals surface area (Å²) in [5, 5.41) is 2.92. The number of hydrogen-bond donors (Lipinski definition) is 1. The van der Waals surface area contributed by atoms with Crippen molar-refractivity contribution in [3.8, 4) is 0 Å². The highest BCUT2D eigenvalue weighted by Crippen LogP contribution is 2.49. The molecule has 6 heteroatoms. The van der Waals surface area contributed by atoms with Crippen molar-refractivity contribution < 1.29 is 18.7 Å². The maximum atomic E-state index is 14.7. The molecule has 1 aromatic rings. The summed E-state index contributed by atoms with van der Waals surface area (Å²) >= 11 is 0. The first-order valence-electron chi connectivity index (χ1n) is 10.1. The Bertz CT molecular complexity index is 740. The van der Waals surface area contributed by atoms with E-state index in [1.54, 1.807) is 20.8 Å². The second-order valence-electron chi connectivity index (χ2n) is 9.26. The number of nitrogens with zero attached hydrogens (tertiary/aromatic N) is 1. The number of carbonyl (C=O) groups excluding carboxylic acids is 2. The molecular weight excluding hydrogens is 359 g/mol. The summed E-state index contributed by atoms with van der Waals surface area (Å²) < 4.78 is 20.0. The number of benzene rings is 1. The van der Waals surface area contributed by atoms with Gasteiger partial charge in [-0.05, 0) is 58.9 Å². The third-order valence-electron chi connectivity index (χ3n) is 5.47. The minimum Gasteiger partial charge on any atom is -0.444 e. The Morgan fingerprint density at radius 2 is 2.04 bits per heavy atom. The fourth-order valence-electron chi connectivity index (χ4n) is 3.73. The van der Waals surface area contributed by atoms with Crippen molar-refractivity contribution >= 4 is 12.0 Å². The molecule has 2 fully saturated rings. The number of piperidine rings is 1. The molecule has 2 amide bonds. The number of carbonyl (C=O) groups is 2. The Balaban J connectivity index is 1.54. The van der Waals surface area contributed by atoms with Crippen LogP contribution < -0.4 is 5.32 Å². The molecule has 1 aromatic carbocycles. The lowest BCUT2D eigenvalue weighted by atomic mass is 9.93. The van der Waals surface area contributed by atoms with Gasteiger partial charge in [-0.3, -0.25) is 4.79 Å². The molecule has 1 N–H and O–H groups in total. The molecule has 1 aliphatic heterocycles. The lowest BCUT2D eigenvalue weighted by Gasteiger charge is -2.36. The highest BCUT2D eigenvalue weighted by atomic mass is 19.1. The van der Waals surface area contributed by atoms with Gasteiger partial charge in [-0.2, -0.15) is 0 Å². The molecule has 0 bridgehead atoms. The van der Waals surface area contributed by atoms with E-state index in [4.69, 9.17) is 4.74 Å². The molecule has 0 spiro atoms. The van der Waals surface area contributed by atoms with Crippen molar-refractivity contribution in [2.24, 2.45) is 5.41 Å². The van der Waals surface area contributed by atoms with Gasteiger partial charge in [0.2, 0.25) is 5.91 Å². The number of ether oxygens (including phenoxy) is 1. The van der Waals surface area contributed by atoms with Gasteiger partial charge in [0.1, 0.15) is 11.8 Å². The van der Waals surface area contributed by atoms with Crippen LogP contribution in [0.1, 0.15) is 51.2 Å². The first kappa shape index (κ1) is 20.6. The van der Waals surface area contributed by atoms with Crippen LogP contribution in [-0.2, 0) is 16.0 Å². The number of likely N-dealkylation sites (tertiary alicyclic amines) is 1. The third kappa shape index (κ3) is 5.03. The van der Waals surface area contributed by atoms with Crippen LogP contribution in [0.3, 0.4) is 0 Å². The number of nitrogens with one attached hydrogen (secondary N) is 1. The summed E-state index contributed by atoms with van der Waals surface area (Å²) in [6.07, 6.45) is 0.958. The maximum absolute atomic E-state index is 14.7. The van der Waals surface area contributed by atoms with Gasteiger partial charge in [0.05, 0.1) is 18.0 Å². The Kier molecular flexibility index (Phi) is 5.69. The quantitative estimate of drug-likeness (QED) is 0.851. The standard InChI is InChI=1S/C22H31FN2O3/c1-15-6-5-7-16(12-15)13-22(9-10-22)19(26)24-18-8-11-25(14-17(18)23)20(27)28-21(2,3)4/h5-7,12,17-18H,8-11,13-14H2,1-4H3,(H,24,26)/t17-,18-/m0/s1. The zero-order valence-corrected chi connectivity index (χ0v) is 17.3. The number of alkyl halides is 1. The van der Waals surface area contributed by atoms with Gasteiger partial charge in [0.25, 0.3) is 0 Å². The lowest BCUT2D eigenvalue weighted by Crippen LogP contribution is -2.55. The largest absolute Gasteiger partial charge is 0.444 e. The van der Waals surface area contributed by atoms with Gasteiger partial charge in [0, 0.05) is 6.54 Å². The van der Waals surface area contributed by atoms with Gasteiger partial charge in [-0.1, -0.05) is 29.8 Å². The van der Waals surface area contributed by atoms with Crippen LogP contribution in [0.2, 0.25) is 0 Å². The van der Waals surface area contributed by atoms with E-state index in [0.29, 0.717) is 19.4 Å². The molecule has 5 nitrogen and oxygen atoms in total. The van der Waals surface area contributed by atoms with Gasteiger partial charge < -0.3 is 15.0 Å². The summed E-state index contributed by atoms with van der Waals surface area (Å²) in [5.74, 6) is -0.0626. The lowest BCUT2D eigenvalue weighted by molar-refractivity contribution is -0.128. The summed E-state index contributed by atoms with van der Waals surface area (Å²) in [7, 11) is 0. The Labute approximate surface area is 166 Å². The SMILES string of the molecule is Cc1cccc(CC2(C(=O)N[C@H]3CCN(C(=O)OC(C)(C)C)C[C@@H]3F)CC2)c1. The van der Waals surface area contributed by atoms with Crippen molar-refractivity contribution in [1.29, 1.82) is 0 Å². The first-order valence-corrected chi connectivity index (χ1v) is 10.1. The summed E-state index contributed by atoms with van der Waals surface area (Å²) in [6.45, 7) is 7.72. The van der Waals surface area contributed by atoms with Crippen molar-refractivity contribution in [3.63, 3.8) is 0 Å². The Morgan fingerprint density at radius 1 is 1.32 bits per heavy atom. The number of halogens is 1. The van der Waals surface area contributed by atoms with Crippen molar-refractivity contribution in [2.45, 2.75) is 71.2 Å². The first-order chi connectivity index (χ1) is 13.1. The molecule has 2 aliphatic rings. The van der Waals surface area contributed by atoms with E-state index in [1.165, 1.54) is 10.5 Å². The molecule has 0 radical (unpaired) electrons. The van der Waals surface area contributed by atoms with Crippen LogP contribution in [0.15, 0.2) is 24.3 Å². The highest BCUT2D eigenvalue weighted by molar-refractivity contribution is 5.86. The molecule has 1 saturated heterocycles. The molecule has 154 valence electrons. The molecule has 0 aromatic heterocycles. The van der Waals surface area contributed by atoms with E-state index >= 15 is 0 Å². The number of aryl methyl sites for hydroxylation is 1. The topological polar surface area (TPSA) is 58.6 Å². The fraction of sp³-hybridized carbons (Fsp3) is 0.636. The minimum atomic E-state index is -1.29. The predicted octanol–water partition coefficient (Wildman–Crippen LogP) is 3.78. The van der Waals surface area contributed by atoms with Gasteiger partial charge in [-0.25, -0.2) is 9.18 Å². The molecule has 1 aliphatic carbocycles. The van der Waals surface area contributed by atoms with Crippen LogP contribution in [0, 0.1) is 12.3 Å². The van der Waals surface area contributed by atoms with E-state index in [0.717, 1.165) is 18.4 Å². The second-order valence-corrected chi connectivity index (χ2v) is 9.26. The zero-order chi connectivity index (χ0) is 20.5. The number of hydrogen-bond acceptors (Lipinski definition) is 3. The summed E-state index contributed by atoms with van der Waals surface area (Å²) in [6, 6.07) is 7.63. The molecule has 28 heavy (non-hydrogen) atoms. The normalized spacial score (nSPS) is 23.8. The van der Waals surface area contributed by atoms with E-state index in [2.05, 4.69) is 11.4 Å². The van der Waals surface area contributed by atoms with Gasteiger partial charge in [-0.15, -0.1) is 0 Å². The smallest absolute Gasteiger partial charge is 0.410 e. The predicted molar refractivity (Wildman–Crippen MR) is 106 cm³/mol. The van der Waals surface area contributed by atoms with Crippen molar-refractivity contribution in [3.05, 3.63) is 35.4 Å². The zero-order valence-electron chi connectivity index (χ0n) is 17.3.